The lowest BCUT2D eigenvalue weighted by atomic mass is 9.82. The fourth-order valence-electron chi connectivity index (χ4n) is 9.04. The van der Waals surface area contributed by atoms with Gasteiger partial charge in [-0.05, 0) is 105 Å². The third-order valence-corrected chi connectivity index (χ3v) is 11.8. The van der Waals surface area contributed by atoms with Gasteiger partial charge in [0.25, 0.3) is 0 Å². The van der Waals surface area contributed by atoms with Crippen LogP contribution in [0.2, 0.25) is 0 Å². The molecule has 1 unspecified atom stereocenters. The Balaban J connectivity index is 1.08. The highest BCUT2D eigenvalue weighted by molar-refractivity contribution is 6.19. The molecule has 1 aromatic heterocycles. The summed E-state index contributed by atoms with van der Waals surface area (Å²) >= 11 is 0. The molecule has 10 aromatic rings. The first-order valence-corrected chi connectivity index (χ1v) is 20.1. The summed E-state index contributed by atoms with van der Waals surface area (Å²) in [6, 6.07) is 74.8. The number of rotatable bonds is 7. The van der Waals surface area contributed by atoms with E-state index in [0.717, 1.165) is 56.7 Å². The molecule has 0 bridgehead atoms. The Morgan fingerprint density at radius 2 is 1.12 bits per heavy atom. The SMILES string of the molecule is C1=Cc2ccccc2C(c2ccc(N(c3ccccc3-c3ccccc3)c3ccc(-c4ccc5c(ccc6oc7ccccc7c65)c4)cc3-c3ccccc3)cc2)C1. The van der Waals surface area contributed by atoms with Gasteiger partial charge in [-0.2, -0.15) is 0 Å². The fourth-order valence-corrected chi connectivity index (χ4v) is 9.04. The molecule has 11 rings (SSSR count). The van der Waals surface area contributed by atoms with E-state index in [9.17, 15) is 0 Å². The second-order valence-corrected chi connectivity index (χ2v) is 15.2. The van der Waals surface area contributed by atoms with E-state index in [0.29, 0.717) is 5.92 Å². The maximum atomic E-state index is 6.23. The Morgan fingerprint density at radius 1 is 0.448 bits per heavy atom. The Morgan fingerprint density at radius 3 is 1.97 bits per heavy atom. The molecule has 2 heteroatoms. The van der Waals surface area contributed by atoms with E-state index in [4.69, 9.17) is 4.42 Å². The standard InChI is InChI=1S/C56H39NO/c1-3-14-39(15-4-1)48-21-9-11-24-52(48)57(45-31-26-41(27-32-45)47-23-13-19-38-18-7-8-20-46(38)47)53-34-29-43(37-51(53)40-16-5-2-6-17-40)42-28-33-49-44(36-42)30-35-55-56(49)50-22-10-12-25-54(50)58-55/h1-22,24-37,47H,23H2. The van der Waals surface area contributed by atoms with Gasteiger partial charge in [0.1, 0.15) is 11.2 Å². The summed E-state index contributed by atoms with van der Waals surface area (Å²) in [4.78, 5) is 2.45. The van der Waals surface area contributed by atoms with Crippen molar-refractivity contribution in [2.24, 2.45) is 0 Å². The molecular formula is C56H39NO. The smallest absolute Gasteiger partial charge is 0.136 e. The average Bonchev–Trinajstić information content (AvgIpc) is 3.69. The van der Waals surface area contributed by atoms with E-state index in [-0.39, 0.29) is 0 Å². The lowest BCUT2D eigenvalue weighted by Crippen LogP contribution is -2.13. The highest BCUT2D eigenvalue weighted by Gasteiger charge is 2.23. The summed E-state index contributed by atoms with van der Waals surface area (Å²) in [6.45, 7) is 0. The van der Waals surface area contributed by atoms with Gasteiger partial charge in [-0.25, -0.2) is 0 Å². The van der Waals surface area contributed by atoms with E-state index < -0.39 is 0 Å². The average molecular weight is 742 g/mol. The first kappa shape index (κ1) is 33.9. The Bertz CT molecular complexity index is 3140. The molecule has 58 heavy (non-hydrogen) atoms. The van der Waals surface area contributed by atoms with Crippen LogP contribution in [0.5, 0.6) is 0 Å². The number of anilines is 3. The molecule has 1 atom stereocenters. The Labute approximate surface area is 338 Å². The van der Waals surface area contributed by atoms with E-state index in [1.165, 1.54) is 49.5 Å². The minimum Gasteiger partial charge on any atom is -0.456 e. The maximum Gasteiger partial charge on any atom is 0.136 e. The van der Waals surface area contributed by atoms with E-state index in [1.54, 1.807) is 0 Å². The van der Waals surface area contributed by atoms with Crippen molar-refractivity contribution >= 4 is 55.8 Å². The summed E-state index contributed by atoms with van der Waals surface area (Å²) in [5.41, 5.74) is 16.2. The van der Waals surface area contributed by atoms with Crippen LogP contribution in [0.1, 0.15) is 29.0 Å². The third kappa shape index (κ3) is 5.90. The normalized spacial score (nSPS) is 13.6. The van der Waals surface area contributed by atoms with Crippen molar-refractivity contribution in [3.63, 3.8) is 0 Å². The molecule has 274 valence electrons. The number of fused-ring (bicyclic) bond motifs is 6. The first-order chi connectivity index (χ1) is 28.8. The van der Waals surface area contributed by atoms with Gasteiger partial charge in [0.15, 0.2) is 0 Å². The van der Waals surface area contributed by atoms with Crippen molar-refractivity contribution in [1.29, 1.82) is 0 Å². The molecule has 0 radical (unpaired) electrons. The summed E-state index contributed by atoms with van der Waals surface area (Å²) in [6.07, 6.45) is 5.57. The molecule has 1 heterocycles. The molecule has 0 saturated heterocycles. The van der Waals surface area contributed by atoms with E-state index in [2.05, 4.69) is 211 Å². The van der Waals surface area contributed by atoms with Gasteiger partial charge in [-0.3, -0.25) is 0 Å². The van der Waals surface area contributed by atoms with Crippen LogP contribution in [0.4, 0.5) is 17.1 Å². The number of nitrogens with zero attached hydrogens (tertiary/aromatic N) is 1. The Hall–Kier alpha value is -7.42. The minimum absolute atomic E-state index is 0.324. The predicted molar refractivity (Wildman–Crippen MR) is 244 cm³/mol. The van der Waals surface area contributed by atoms with Crippen LogP contribution in [0.15, 0.2) is 217 Å². The first-order valence-electron chi connectivity index (χ1n) is 20.1. The number of furan rings is 1. The minimum atomic E-state index is 0.324. The molecule has 1 aliphatic carbocycles. The maximum absolute atomic E-state index is 6.23. The molecule has 0 aliphatic heterocycles. The quantitative estimate of drug-likeness (QED) is 0.162. The van der Waals surface area contributed by atoms with Crippen molar-refractivity contribution in [1.82, 2.24) is 0 Å². The van der Waals surface area contributed by atoms with Crippen LogP contribution < -0.4 is 4.90 Å². The van der Waals surface area contributed by atoms with Gasteiger partial charge in [0, 0.05) is 33.5 Å². The van der Waals surface area contributed by atoms with Gasteiger partial charge >= 0.3 is 0 Å². The molecule has 0 amide bonds. The molecule has 0 saturated carbocycles. The zero-order chi connectivity index (χ0) is 38.4. The van der Waals surface area contributed by atoms with Crippen LogP contribution in [0.25, 0.3) is 72.2 Å². The summed E-state index contributed by atoms with van der Waals surface area (Å²) in [7, 11) is 0. The van der Waals surface area contributed by atoms with Crippen molar-refractivity contribution in [3.05, 3.63) is 229 Å². The van der Waals surface area contributed by atoms with Crippen molar-refractivity contribution in [2.75, 3.05) is 4.90 Å². The van der Waals surface area contributed by atoms with Crippen LogP contribution in [-0.2, 0) is 0 Å². The zero-order valence-electron chi connectivity index (χ0n) is 31.9. The second-order valence-electron chi connectivity index (χ2n) is 15.2. The number of hydrogen-bond acceptors (Lipinski definition) is 2. The molecule has 1 aliphatic rings. The molecule has 9 aromatic carbocycles. The van der Waals surface area contributed by atoms with Gasteiger partial charge in [-0.1, -0.05) is 170 Å². The molecule has 0 spiro atoms. The van der Waals surface area contributed by atoms with Gasteiger partial charge in [0.2, 0.25) is 0 Å². The number of allylic oxidation sites excluding steroid dienone is 1. The van der Waals surface area contributed by atoms with E-state index in [1.807, 2.05) is 12.1 Å². The topological polar surface area (TPSA) is 16.4 Å². The largest absolute Gasteiger partial charge is 0.456 e. The van der Waals surface area contributed by atoms with Crippen molar-refractivity contribution in [3.8, 4) is 33.4 Å². The Kier molecular flexibility index (Phi) is 8.33. The second kappa shape index (κ2) is 14.3. The third-order valence-electron chi connectivity index (χ3n) is 11.8. The van der Waals surface area contributed by atoms with Gasteiger partial charge < -0.3 is 9.32 Å². The van der Waals surface area contributed by atoms with Gasteiger partial charge in [0.05, 0.1) is 11.4 Å². The highest BCUT2D eigenvalue weighted by Crippen LogP contribution is 2.47. The fraction of sp³-hybridized carbons (Fsp3) is 0.0357. The zero-order valence-corrected chi connectivity index (χ0v) is 31.9. The number of hydrogen-bond donors (Lipinski definition) is 0. The van der Waals surface area contributed by atoms with Crippen molar-refractivity contribution in [2.45, 2.75) is 12.3 Å². The molecule has 2 nitrogen and oxygen atoms in total. The number of para-hydroxylation sites is 2. The number of benzene rings is 9. The summed E-state index contributed by atoms with van der Waals surface area (Å²) < 4.78 is 6.23. The van der Waals surface area contributed by atoms with Crippen molar-refractivity contribution < 1.29 is 4.42 Å². The van der Waals surface area contributed by atoms with E-state index >= 15 is 0 Å². The highest BCUT2D eigenvalue weighted by atomic mass is 16.3. The van der Waals surface area contributed by atoms with Crippen LogP contribution in [-0.4, -0.2) is 0 Å². The summed E-state index contributed by atoms with van der Waals surface area (Å²) in [5.74, 6) is 0.324. The molecular weight excluding hydrogens is 703 g/mol. The molecule has 0 N–H and O–H groups in total. The molecule has 0 fully saturated rings. The van der Waals surface area contributed by atoms with Crippen LogP contribution in [0, 0.1) is 0 Å². The van der Waals surface area contributed by atoms with Crippen LogP contribution >= 0.6 is 0 Å². The summed E-state index contributed by atoms with van der Waals surface area (Å²) in [5, 5.41) is 4.71. The lowest BCUT2D eigenvalue weighted by molar-refractivity contribution is 0.669. The lowest BCUT2D eigenvalue weighted by Gasteiger charge is -2.31. The predicted octanol–water partition coefficient (Wildman–Crippen LogP) is 15.8. The van der Waals surface area contributed by atoms with Crippen LogP contribution in [0.3, 0.4) is 0 Å². The monoisotopic (exact) mass is 741 g/mol. The van der Waals surface area contributed by atoms with Gasteiger partial charge in [-0.15, -0.1) is 0 Å².